The van der Waals surface area contributed by atoms with Crippen LogP contribution in [0.15, 0.2) is 48.5 Å². The van der Waals surface area contributed by atoms with Crippen molar-refractivity contribution in [1.82, 2.24) is 9.80 Å². The summed E-state index contributed by atoms with van der Waals surface area (Å²) in [6.45, 7) is 7.29. The van der Waals surface area contributed by atoms with Crippen LogP contribution >= 0.6 is 0 Å². The first-order chi connectivity index (χ1) is 16.8. The van der Waals surface area contributed by atoms with Gasteiger partial charge in [0.2, 0.25) is 5.91 Å². The standard InChI is InChI=1S/C27H34N2O7/c1-26(2,3)36-25(35)28-15-16-29(22(17-28)24(33)34)23(32)13-14-27(4,18-5-9-20(30)10-6-18)19-7-11-21(31)12-8-19/h5-12,22,30-31H,13-17H2,1-4H3,(H,33,34)/t22-/m0/s1. The van der Waals surface area contributed by atoms with E-state index in [9.17, 15) is 29.7 Å². The molecule has 1 heterocycles. The van der Waals surface area contributed by atoms with E-state index in [-0.39, 0.29) is 43.5 Å². The zero-order valence-corrected chi connectivity index (χ0v) is 21.1. The van der Waals surface area contributed by atoms with Gasteiger partial charge in [-0.25, -0.2) is 9.59 Å². The summed E-state index contributed by atoms with van der Waals surface area (Å²) in [5.41, 5.74) is 0.371. The summed E-state index contributed by atoms with van der Waals surface area (Å²) in [5, 5.41) is 29.3. The van der Waals surface area contributed by atoms with Gasteiger partial charge in [0.25, 0.3) is 0 Å². The van der Waals surface area contributed by atoms with Crippen LogP contribution in [0.4, 0.5) is 4.79 Å². The second kappa shape index (κ2) is 10.5. The van der Waals surface area contributed by atoms with Crippen LogP contribution in [0, 0.1) is 0 Å². The van der Waals surface area contributed by atoms with E-state index >= 15 is 0 Å². The number of rotatable bonds is 6. The Morgan fingerprint density at radius 2 is 1.39 bits per heavy atom. The summed E-state index contributed by atoms with van der Waals surface area (Å²) in [6, 6.07) is 12.3. The molecular formula is C27H34N2O7. The number of carbonyl (C=O) groups is 3. The molecule has 194 valence electrons. The maximum absolute atomic E-state index is 13.3. The maximum Gasteiger partial charge on any atom is 0.410 e. The number of hydrogen-bond acceptors (Lipinski definition) is 6. The number of amides is 2. The van der Waals surface area contributed by atoms with Crippen molar-refractivity contribution >= 4 is 18.0 Å². The fourth-order valence-corrected chi connectivity index (χ4v) is 4.40. The first-order valence-electron chi connectivity index (χ1n) is 11.9. The van der Waals surface area contributed by atoms with Crippen LogP contribution in [-0.2, 0) is 19.7 Å². The second-order valence-corrected chi connectivity index (χ2v) is 10.3. The number of phenolic OH excluding ortho intramolecular Hbond substituents is 2. The number of phenols is 2. The van der Waals surface area contributed by atoms with Crippen molar-refractivity contribution in [3.63, 3.8) is 0 Å². The van der Waals surface area contributed by atoms with Gasteiger partial charge in [0.1, 0.15) is 23.1 Å². The van der Waals surface area contributed by atoms with Crippen LogP contribution < -0.4 is 0 Å². The molecule has 0 spiro atoms. The second-order valence-electron chi connectivity index (χ2n) is 10.3. The number of carboxylic acid groups (broad SMARTS) is 1. The van der Waals surface area contributed by atoms with E-state index in [0.717, 1.165) is 11.1 Å². The van der Waals surface area contributed by atoms with Crippen molar-refractivity contribution in [3.05, 3.63) is 59.7 Å². The van der Waals surface area contributed by atoms with Crippen LogP contribution in [0.25, 0.3) is 0 Å². The number of aliphatic carboxylic acids is 1. The molecule has 0 aromatic heterocycles. The van der Waals surface area contributed by atoms with Gasteiger partial charge in [0.15, 0.2) is 0 Å². The predicted octanol–water partition coefficient (Wildman–Crippen LogP) is 3.72. The Bertz CT molecular complexity index is 1050. The van der Waals surface area contributed by atoms with Gasteiger partial charge in [0.05, 0.1) is 6.54 Å². The molecule has 9 heteroatoms. The van der Waals surface area contributed by atoms with E-state index in [2.05, 4.69) is 0 Å². The lowest BCUT2D eigenvalue weighted by Crippen LogP contribution is -2.59. The molecule has 0 bridgehead atoms. The summed E-state index contributed by atoms with van der Waals surface area (Å²) in [7, 11) is 0. The van der Waals surface area contributed by atoms with E-state index < -0.39 is 29.1 Å². The van der Waals surface area contributed by atoms with E-state index in [1.165, 1.54) is 9.80 Å². The zero-order valence-electron chi connectivity index (χ0n) is 21.1. The van der Waals surface area contributed by atoms with Gasteiger partial charge < -0.3 is 29.9 Å². The molecule has 0 unspecified atom stereocenters. The van der Waals surface area contributed by atoms with Crippen LogP contribution in [0.1, 0.15) is 51.7 Å². The quantitative estimate of drug-likeness (QED) is 0.554. The molecule has 0 aliphatic carbocycles. The van der Waals surface area contributed by atoms with Crippen molar-refractivity contribution in [2.45, 2.75) is 57.6 Å². The smallest absolute Gasteiger partial charge is 0.410 e. The number of carboxylic acids is 1. The highest BCUT2D eigenvalue weighted by Gasteiger charge is 2.39. The third kappa shape index (κ3) is 6.27. The van der Waals surface area contributed by atoms with Gasteiger partial charge >= 0.3 is 12.1 Å². The summed E-state index contributed by atoms with van der Waals surface area (Å²) < 4.78 is 5.36. The number of benzene rings is 2. The Labute approximate surface area is 210 Å². The lowest BCUT2D eigenvalue weighted by molar-refractivity contribution is -0.153. The molecule has 9 nitrogen and oxygen atoms in total. The summed E-state index contributed by atoms with van der Waals surface area (Å²) in [4.78, 5) is 40.4. The summed E-state index contributed by atoms with van der Waals surface area (Å²) >= 11 is 0. The Morgan fingerprint density at radius 3 is 1.83 bits per heavy atom. The zero-order chi connectivity index (χ0) is 26.7. The number of aromatic hydroxyl groups is 2. The Hall–Kier alpha value is -3.75. The third-order valence-corrected chi connectivity index (χ3v) is 6.49. The number of ether oxygens (including phenoxy) is 1. The lowest BCUT2D eigenvalue weighted by atomic mass is 9.73. The molecule has 1 aliphatic rings. The summed E-state index contributed by atoms with van der Waals surface area (Å²) in [5.74, 6) is -1.27. The van der Waals surface area contributed by atoms with Crippen molar-refractivity contribution in [2.75, 3.05) is 19.6 Å². The highest BCUT2D eigenvalue weighted by atomic mass is 16.6. The summed E-state index contributed by atoms with van der Waals surface area (Å²) in [6.07, 6.45) is -0.179. The predicted molar refractivity (Wildman–Crippen MR) is 133 cm³/mol. The van der Waals surface area contributed by atoms with Crippen LogP contribution in [0.2, 0.25) is 0 Å². The molecule has 3 rings (SSSR count). The van der Waals surface area contributed by atoms with Gasteiger partial charge in [-0.15, -0.1) is 0 Å². The number of carbonyl (C=O) groups excluding carboxylic acids is 2. The van der Waals surface area contributed by atoms with Gasteiger partial charge in [-0.3, -0.25) is 4.79 Å². The largest absolute Gasteiger partial charge is 0.508 e. The minimum Gasteiger partial charge on any atom is -0.508 e. The normalized spacial score (nSPS) is 16.5. The topological polar surface area (TPSA) is 128 Å². The number of nitrogens with zero attached hydrogens (tertiary/aromatic N) is 2. The van der Waals surface area contributed by atoms with Crippen LogP contribution in [0.3, 0.4) is 0 Å². The third-order valence-electron chi connectivity index (χ3n) is 6.49. The van der Waals surface area contributed by atoms with E-state index in [0.29, 0.717) is 6.42 Å². The molecule has 0 radical (unpaired) electrons. The molecule has 1 fully saturated rings. The van der Waals surface area contributed by atoms with E-state index in [4.69, 9.17) is 4.74 Å². The fraction of sp³-hybridized carbons (Fsp3) is 0.444. The molecule has 2 aromatic rings. The first-order valence-corrected chi connectivity index (χ1v) is 11.9. The molecule has 3 N–H and O–H groups in total. The van der Waals surface area contributed by atoms with Gasteiger partial charge in [-0.2, -0.15) is 0 Å². The Balaban J connectivity index is 1.78. The average Bonchev–Trinajstić information content (AvgIpc) is 2.81. The lowest BCUT2D eigenvalue weighted by Gasteiger charge is -2.40. The van der Waals surface area contributed by atoms with Crippen molar-refractivity contribution in [3.8, 4) is 11.5 Å². The number of hydrogen-bond donors (Lipinski definition) is 3. The molecule has 1 saturated heterocycles. The van der Waals surface area contributed by atoms with Gasteiger partial charge in [-0.1, -0.05) is 31.2 Å². The molecule has 1 aliphatic heterocycles. The monoisotopic (exact) mass is 498 g/mol. The van der Waals surface area contributed by atoms with Crippen molar-refractivity contribution < 1.29 is 34.4 Å². The molecule has 2 amide bonds. The average molecular weight is 499 g/mol. The van der Waals surface area contributed by atoms with Crippen molar-refractivity contribution in [1.29, 1.82) is 0 Å². The Kier molecular flexibility index (Phi) is 7.81. The molecule has 1 atom stereocenters. The fourth-order valence-electron chi connectivity index (χ4n) is 4.40. The highest BCUT2D eigenvalue weighted by Crippen LogP contribution is 2.38. The Morgan fingerprint density at radius 1 is 0.889 bits per heavy atom. The molecule has 2 aromatic carbocycles. The highest BCUT2D eigenvalue weighted by molar-refractivity contribution is 5.85. The van der Waals surface area contributed by atoms with E-state index in [1.807, 2.05) is 6.92 Å². The van der Waals surface area contributed by atoms with Crippen LogP contribution in [-0.4, -0.2) is 74.4 Å². The van der Waals surface area contributed by atoms with Crippen molar-refractivity contribution in [2.24, 2.45) is 0 Å². The first kappa shape index (κ1) is 26.8. The van der Waals surface area contributed by atoms with Crippen LogP contribution in [0.5, 0.6) is 11.5 Å². The molecule has 36 heavy (non-hydrogen) atoms. The van der Waals surface area contributed by atoms with Gasteiger partial charge in [0, 0.05) is 24.9 Å². The maximum atomic E-state index is 13.3. The molecule has 0 saturated carbocycles. The van der Waals surface area contributed by atoms with E-state index in [1.54, 1.807) is 69.3 Å². The number of piperazine rings is 1. The minimum atomic E-state index is -1.18. The van der Waals surface area contributed by atoms with Gasteiger partial charge in [-0.05, 0) is 62.6 Å². The minimum absolute atomic E-state index is 0.0640. The SMILES string of the molecule is CC(C)(C)OC(=O)N1CCN(C(=O)CCC(C)(c2ccc(O)cc2)c2ccc(O)cc2)[C@H](C(=O)O)C1. The molecular weight excluding hydrogens is 464 g/mol.